The molecule has 1 amide bonds. The summed E-state index contributed by atoms with van der Waals surface area (Å²) >= 11 is 0. The molecule has 0 bridgehead atoms. The zero-order chi connectivity index (χ0) is 28.8. The number of nitrogens with one attached hydrogen (secondary N) is 1. The van der Waals surface area contributed by atoms with Crippen LogP contribution >= 0.6 is 0 Å². The van der Waals surface area contributed by atoms with Crippen LogP contribution in [0.25, 0.3) is 0 Å². The van der Waals surface area contributed by atoms with E-state index in [4.69, 9.17) is 0 Å². The van der Waals surface area contributed by atoms with E-state index in [1.165, 1.54) is 128 Å². The third-order valence-electron chi connectivity index (χ3n) is 8.17. The summed E-state index contributed by atoms with van der Waals surface area (Å²) in [5.41, 5.74) is 0. The van der Waals surface area contributed by atoms with Gasteiger partial charge in [0.15, 0.2) is 0 Å². The van der Waals surface area contributed by atoms with Crippen LogP contribution in [-0.4, -0.2) is 46.1 Å². The number of amides is 1. The molecular formula is C34H69NO4. The van der Waals surface area contributed by atoms with Gasteiger partial charge < -0.3 is 20.6 Å². The molecule has 0 aromatic carbocycles. The maximum atomic E-state index is 12.3. The van der Waals surface area contributed by atoms with Crippen LogP contribution < -0.4 is 5.32 Å². The summed E-state index contributed by atoms with van der Waals surface area (Å²) in [6.45, 7) is 4.23. The van der Waals surface area contributed by atoms with Gasteiger partial charge in [0.05, 0.1) is 31.3 Å². The van der Waals surface area contributed by atoms with Gasteiger partial charge in [0.25, 0.3) is 0 Å². The lowest BCUT2D eigenvalue weighted by Crippen LogP contribution is -2.46. The minimum atomic E-state index is -0.740. The summed E-state index contributed by atoms with van der Waals surface area (Å²) in [7, 11) is 0. The fourth-order valence-corrected chi connectivity index (χ4v) is 5.46. The van der Waals surface area contributed by atoms with Crippen molar-refractivity contribution >= 4 is 5.91 Å². The first-order valence-electron chi connectivity index (χ1n) is 17.3. The minimum Gasteiger partial charge on any atom is -0.394 e. The van der Waals surface area contributed by atoms with Gasteiger partial charge in [-0.1, -0.05) is 168 Å². The lowest BCUT2D eigenvalue weighted by atomic mass is 10.0. The summed E-state index contributed by atoms with van der Waals surface area (Å²) in [4.78, 5) is 12.3. The Bertz CT molecular complexity index is 502. The Balaban J connectivity index is 3.68. The quantitative estimate of drug-likeness (QED) is 0.0644. The van der Waals surface area contributed by atoms with Gasteiger partial charge in [-0.15, -0.1) is 0 Å². The molecule has 5 nitrogen and oxygen atoms in total. The number of hydrogen-bond acceptors (Lipinski definition) is 4. The van der Waals surface area contributed by atoms with E-state index in [2.05, 4.69) is 19.2 Å². The zero-order valence-electron chi connectivity index (χ0n) is 26.3. The molecule has 234 valence electrons. The highest BCUT2D eigenvalue weighted by atomic mass is 16.3. The molecule has 0 aromatic heterocycles. The molecular weight excluding hydrogens is 486 g/mol. The fourth-order valence-electron chi connectivity index (χ4n) is 5.46. The Morgan fingerprint density at radius 1 is 0.538 bits per heavy atom. The Morgan fingerprint density at radius 3 is 1.23 bits per heavy atom. The van der Waals surface area contributed by atoms with E-state index >= 15 is 0 Å². The van der Waals surface area contributed by atoms with E-state index in [1.54, 1.807) is 0 Å². The smallest absolute Gasteiger partial charge is 0.222 e. The number of unbranched alkanes of at least 4 members (excludes halogenated alkanes) is 22. The lowest BCUT2D eigenvalue weighted by molar-refractivity contribution is -0.125. The van der Waals surface area contributed by atoms with Crippen molar-refractivity contribution in [3.8, 4) is 0 Å². The second-order valence-corrected chi connectivity index (χ2v) is 12.1. The van der Waals surface area contributed by atoms with Gasteiger partial charge in [-0.05, 0) is 12.8 Å². The second-order valence-electron chi connectivity index (χ2n) is 12.1. The van der Waals surface area contributed by atoms with Gasteiger partial charge in [-0.25, -0.2) is 0 Å². The van der Waals surface area contributed by atoms with Crippen LogP contribution in [0.4, 0.5) is 0 Å². The largest absolute Gasteiger partial charge is 0.394 e. The lowest BCUT2D eigenvalue weighted by Gasteiger charge is -2.23. The topological polar surface area (TPSA) is 89.8 Å². The number of hydrogen-bond donors (Lipinski definition) is 4. The van der Waals surface area contributed by atoms with E-state index in [0.29, 0.717) is 12.8 Å². The molecule has 0 aliphatic heterocycles. The number of carbonyl (C=O) groups excluding carboxylic acids is 1. The molecule has 0 aliphatic rings. The Kier molecular flexibility index (Phi) is 29.8. The minimum absolute atomic E-state index is 0.0416. The Hall–Kier alpha value is -0.650. The molecule has 0 spiro atoms. The molecule has 39 heavy (non-hydrogen) atoms. The third kappa shape index (κ3) is 27.3. The van der Waals surface area contributed by atoms with Crippen molar-refractivity contribution in [3.05, 3.63) is 0 Å². The van der Waals surface area contributed by atoms with E-state index in [0.717, 1.165) is 25.7 Å². The van der Waals surface area contributed by atoms with Crippen molar-refractivity contribution in [1.29, 1.82) is 0 Å². The average molecular weight is 556 g/mol. The van der Waals surface area contributed by atoms with Crippen molar-refractivity contribution in [2.45, 2.75) is 205 Å². The number of carbonyl (C=O) groups is 1. The highest BCUT2D eigenvalue weighted by molar-refractivity contribution is 5.76. The third-order valence-corrected chi connectivity index (χ3v) is 8.17. The van der Waals surface area contributed by atoms with E-state index < -0.39 is 18.2 Å². The molecule has 0 saturated heterocycles. The Labute approximate surface area is 243 Å². The van der Waals surface area contributed by atoms with Crippen LogP contribution in [0.15, 0.2) is 0 Å². The molecule has 0 rings (SSSR count). The van der Waals surface area contributed by atoms with Crippen LogP contribution in [0.5, 0.6) is 0 Å². The van der Waals surface area contributed by atoms with Gasteiger partial charge in [-0.3, -0.25) is 4.79 Å². The van der Waals surface area contributed by atoms with Crippen LogP contribution in [0, 0.1) is 0 Å². The van der Waals surface area contributed by atoms with Crippen LogP contribution in [0.3, 0.4) is 0 Å². The molecule has 3 atom stereocenters. The summed E-state index contributed by atoms with van der Waals surface area (Å²) in [5, 5.41) is 33.1. The van der Waals surface area contributed by atoms with Crippen molar-refractivity contribution in [1.82, 2.24) is 5.32 Å². The van der Waals surface area contributed by atoms with Crippen molar-refractivity contribution in [3.63, 3.8) is 0 Å². The van der Waals surface area contributed by atoms with Crippen LogP contribution in [0.2, 0.25) is 0 Å². The van der Waals surface area contributed by atoms with Crippen LogP contribution in [0.1, 0.15) is 187 Å². The van der Waals surface area contributed by atoms with E-state index in [-0.39, 0.29) is 18.9 Å². The fraction of sp³-hybridized carbons (Fsp3) is 0.971. The normalized spacial score (nSPS) is 13.9. The maximum absolute atomic E-state index is 12.3. The predicted molar refractivity (Wildman–Crippen MR) is 167 cm³/mol. The molecule has 0 saturated carbocycles. The number of aliphatic hydroxyl groups excluding tert-OH is 3. The molecule has 0 fully saturated rings. The first-order valence-corrected chi connectivity index (χ1v) is 17.3. The maximum Gasteiger partial charge on any atom is 0.222 e. The van der Waals surface area contributed by atoms with E-state index in [1.807, 2.05) is 0 Å². The van der Waals surface area contributed by atoms with Crippen molar-refractivity contribution in [2.24, 2.45) is 0 Å². The summed E-state index contributed by atoms with van der Waals surface area (Å²) in [5.74, 6) is -0.283. The van der Waals surface area contributed by atoms with Gasteiger partial charge >= 0.3 is 0 Å². The number of aliphatic hydroxyl groups is 3. The molecule has 3 unspecified atom stereocenters. The zero-order valence-corrected chi connectivity index (χ0v) is 26.3. The van der Waals surface area contributed by atoms with Gasteiger partial charge in [-0.2, -0.15) is 0 Å². The summed E-state index contributed by atoms with van der Waals surface area (Å²) in [6.07, 6.45) is 30.5. The molecule has 0 aromatic rings. The molecule has 5 heteroatoms. The van der Waals surface area contributed by atoms with Gasteiger partial charge in [0.2, 0.25) is 5.91 Å². The predicted octanol–water partition coefficient (Wildman–Crippen LogP) is 8.76. The molecule has 4 N–H and O–H groups in total. The second kappa shape index (κ2) is 30.3. The van der Waals surface area contributed by atoms with Gasteiger partial charge in [0.1, 0.15) is 0 Å². The molecule has 0 radical (unpaired) electrons. The van der Waals surface area contributed by atoms with Crippen LogP contribution in [-0.2, 0) is 4.79 Å². The number of rotatable bonds is 31. The monoisotopic (exact) mass is 556 g/mol. The summed E-state index contributed by atoms with van der Waals surface area (Å²) in [6, 6.07) is -0.649. The standard InChI is InChI=1S/C34H69NO4/c1-3-5-7-9-11-13-15-16-18-19-21-23-25-27-31(37)29-34(39)35-32(30-36)33(38)28-26-24-22-20-17-14-12-10-8-6-4-2/h31-33,36-38H,3-30H2,1-2H3,(H,35,39). The first kappa shape index (κ1) is 38.4. The highest BCUT2D eigenvalue weighted by Gasteiger charge is 2.21. The van der Waals surface area contributed by atoms with Crippen molar-refractivity contribution < 1.29 is 20.1 Å². The van der Waals surface area contributed by atoms with Gasteiger partial charge in [0, 0.05) is 0 Å². The molecule has 0 aliphatic carbocycles. The highest BCUT2D eigenvalue weighted by Crippen LogP contribution is 2.15. The average Bonchev–Trinajstić information content (AvgIpc) is 2.92. The van der Waals surface area contributed by atoms with E-state index in [9.17, 15) is 20.1 Å². The van der Waals surface area contributed by atoms with Crippen molar-refractivity contribution in [2.75, 3.05) is 6.61 Å². The molecule has 0 heterocycles. The summed E-state index contributed by atoms with van der Waals surface area (Å²) < 4.78 is 0. The Morgan fingerprint density at radius 2 is 0.872 bits per heavy atom. The SMILES string of the molecule is CCCCCCCCCCCCCCCC(O)CC(=O)NC(CO)C(O)CCCCCCCCCCCCC. The first-order chi connectivity index (χ1) is 19.0.